The molecule has 0 saturated carbocycles. The molecule has 0 spiro atoms. The van der Waals surface area contributed by atoms with E-state index in [1.807, 2.05) is 6.07 Å². The lowest BCUT2D eigenvalue weighted by molar-refractivity contribution is -0.134. The fraction of sp³-hybridized carbons (Fsp3) is 0.267. The van der Waals surface area contributed by atoms with Crippen molar-refractivity contribution in [3.05, 3.63) is 41.6 Å². The second-order valence-electron chi connectivity index (χ2n) is 5.22. The van der Waals surface area contributed by atoms with Gasteiger partial charge in [0.05, 0.1) is 11.3 Å². The van der Waals surface area contributed by atoms with Crippen LogP contribution in [0.4, 0.5) is 5.69 Å². The van der Waals surface area contributed by atoms with Crippen LogP contribution >= 0.6 is 0 Å². The number of hydrogen-bond acceptors (Lipinski definition) is 4. The lowest BCUT2D eigenvalue weighted by atomic mass is 10.0. The van der Waals surface area contributed by atoms with Crippen LogP contribution in [0.5, 0.6) is 0 Å². The van der Waals surface area contributed by atoms with Crippen molar-refractivity contribution in [1.82, 2.24) is 10.6 Å². The van der Waals surface area contributed by atoms with E-state index in [1.54, 1.807) is 12.1 Å². The van der Waals surface area contributed by atoms with E-state index >= 15 is 0 Å². The number of allylic oxidation sites excluding steroid dienone is 1. The van der Waals surface area contributed by atoms with Crippen LogP contribution in [-0.4, -0.2) is 23.8 Å². The maximum atomic E-state index is 12.4. The number of benzene rings is 1. The second-order valence-corrected chi connectivity index (χ2v) is 5.22. The zero-order chi connectivity index (χ0) is 15.0. The van der Waals surface area contributed by atoms with Crippen molar-refractivity contribution in [2.75, 3.05) is 5.32 Å². The van der Waals surface area contributed by atoms with Gasteiger partial charge in [0.15, 0.2) is 0 Å². The van der Waals surface area contributed by atoms with Crippen molar-refractivity contribution in [3.63, 3.8) is 0 Å². The number of para-hydroxylation sites is 1. The maximum Gasteiger partial charge on any atom is 0.254 e. The molecule has 3 amide bonds. The molecule has 2 aliphatic heterocycles. The van der Waals surface area contributed by atoms with E-state index in [1.165, 1.54) is 0 Å². The molecule has 2 aliphatic rings. The number of hydrogen-bond donors (Lipinski definition) is 3. The number of amides is 3. The van der Waals surface area contributed by atoms with Crippen LogP contribution in [0.25, 0.3) is 0 Å². The van der Waals surface area contributed by atoms with E-state index in [0.29, 0.717) is 18.4 Å². The Bertz CT molecular complexity index is 666. The minimum absolute atomic E-state index is 0.235. The summed E-state index contributed by atoms with van der Waals surface area (Å²) >= 11 is 0. The van der Waals surface area contributed by atoms with Crippen LogP contribution in [0.3, 0.4) is 0 Å². The summed E-state index contributed by atoms with van der Waals surface area (Å²) in [6.07, 6.45) is 1.25. The van der Waals surface area contributed by atoms with Crippen LogP contribution in [0, 0.1) is 0 Å². The highest BCUT2D eigenvalue weighted by atomic mass is 16.2. The van der Waals surface area contributed by atoms with Gasteiger partial charge in [-0.05, 0) is 18.1 Å². The third kappa shape index (κ3) is 2.52. The molecule has 6 nitrogen and oxygen atoms in total. The molecule has 0 aliphatic carbocycles. The van der Waals surface area contributed by atoms with E-state index in [4.69, 9.17) is 0 Å². The van der Waals surface area contributed by atoms with Crippen molar-refractivity contribution in [2.24, 2.45) is 0 Å². The number of fused-ring (bicyclic) bond motifs is 1. The predicted octanol–water partition coefficient (Wildman–Crippen LogP) is 0.703. The van der Waals surface area contributed by atoms with Gasteiger partial charge < -0.3 is 10.6 Å². The highest BCUT2D eigenvalue weighted by molar-refractivity contribution is 6.06. The first-order valence-corrected chi connectivity index (χ1v) is 6.76. The number of piperidine rings is 1. The van der Waals surface area contributed by atoms with Crippen LogP contribution in [-0.2, 0) is 16.0 Å². The van der Waals surface area contributed by atoms with Gasteiger partial charge in [-0.2, -0.15) is 0 Å². The van der Waals surface area contributed by atoms with Crippen molar-refractivity contribution in [3.8, 4) is 0 Å². The molecular weight excluding hydrogens is 270 g/mol. The molecule has 1 saturated heterocycles. The summed E-state index contributed by atoms with van der Waals surface area (Å²) in [6.45, 7) is 3.86. The van der Waals surface area contributed by atoms with Gasteiger partial charge in [0.1, 0.15) is 6.04 Å². The Morgan fingerprint density at radius 3 is 2.86 bits per heavy atom. The fourth-order valence-corrected chi connectivity index (χ4v) is 2.60. The van der Waals surface area contributed by atoms with Gasteiger partial charge in [0.2, 0.25) is 11.8 Å². The first-order valence-electron chi connectivity index (χ1n) is 6.76. The highest BCUT2D eigenvalue weighted by Gasteiger charge is 2.29. The van der Waals surface area contributed by atoms with Crippen molar-refractivity contribution < 1.29 is 14.4 Å². The zero-order valence-electron chi connectivity index (χ0n) is 11.4. The Morgan fingerprint density at radius 1 is 1.29 bits per heavy atom. The molecular formula is C15H15N3O3. The lowest BCUT2D eigenvalue weighted by Crippen LogP contribution is -2.52. The molecule has 3 rings (SSSR count). The van der Waals surface area contributed by atoms with E-state index in [2.05, 4.69) is 22.5 Å². The Kier molecular flexibility index (Phi) is 3.21. The first kappa shape index (κ1) is 13.4. The summed E-state index contributed by atoms with van der Waals surface area (Å²) in [5.74, 6) is -1.09. The van der Waals surface area contributed by atoms with Gasteiger partial charge in [-0.15, -0.1) is 0 Å². The standard InChI is InChI=1S/C15H15N3O3/c1-8-7-9-3-2-4-10(13(9)16-8)14(20)17-11-5-6-12(19)18-15(11)21/h2-4,11,16H,1,5-7H2,(H,17,20)(H,18,19,21). The SMILES string of the molecule is C=C1Cc2cccc(C(=O)NC3CCC(=O)NC3=O)c2N1. The van der Waals surface area contributed by atoms with Gasteiger partial charge in [-0.25, -0.2) is 0 Å². The van der Waals surface area contributed by atoms with E-state index in [9.17, 15) is 14.4 Å². The lowest BCUT2D eigenvalue weighted by Gasteiger charge is -2.22. The number of nitrogens with one attached hydrogen (secondary N) is 3. The molecule has 2 heterocycles. The fourth-order valence-electron chi connectivity index (χ4n) is 2.60. The average molecular weight is 285 g/mol. The molecule has 1 fully saturated rings. The second kappa shape index (κ2) is 5.05. The van der Waals surface area contributed by atoms with Crippen LogP contribution in [0.2, 0.25) is 0 Å². The van der Waals surface area contributed by atoms with Gasteiger partial charge in [-0.3, -0.25) is 19.7 Å². The number of imide groups is 1. The minimum Gasteiger partial charge on any atom is -0.358 e. The van der Waals surface area contributed by atoms with Crippen LogP contribution < -0.4 is 16.0 Å². The quantitative estimate of drug-likeness (QED) is 0.698. The Morgan fingerprint density at radius 2 is 2.10 bits per heavy atom. The maximum absolute atomic E-state index is 12.4. The Hall–Kier alpha value is -2.63. The van der Waals surface area contributed by atoms with Crippen molar-refractivity contribution in [1.29, 1.82) is 0 Å². The van der Waals surface area contributed by atoms with Gasteiger partial charge in [-0.1, -0.05) is 18.7 Å². The summed E-state index contributed by atoms with van der Waals surface area (Å²) < 4.78 is 0. The summed E-state index contributed by atoms with van der Waals surface area (Å²) in [6, 6.07) is 4.77. The third-order valence-corrected chi connectivity index (χ3v) is 3.65. The molecule has 108 valence electrons. The van der Waals surface area contributed by atoms with Gasteiger partial charge in [0.25, 0.3) is 5.91 Å². The molecule has 21 heavy (non-hydrogen) atoms. The summed E-state index contributed by atoms with van der Waals surface area (Å²) in [4.78, 5) is 35.1. The molecule has 6 heteroatoms. The largest absolute Gasteiger partial charge is 0.358 e. The number of rotatable bonds is 2. The summed E-state index contributed by atoms with van der Waals surface area (Å²) in [5, 5.41) is 7.99. The predicted molar refractivity (Wildman–Crippen MR) is 76.5 cm³/mol. The number of carbonyl (C=O) groups is 3. The molecule has 1 aromatic rings. The number of carbonyl (C=O) groups excluding carboxylic acids is 3. The topological polar surface area (TPSA) is 87.3 Å². The number of anilines is 1. The Labute approximate surface area is 121 Å². The van der Waals surface area contributed by atoms with E-state index in [0.717, 1.165) is 16.9 Å². The first-order chi connectivity index (χ1) is 10.0. The zero-order valence-corrected chi connectivity index (χ0v) is 11.4. The van der Waals surface area contributed by atoms with Crippen LogP contribution in [0.15, 0.2) is 30.5 Å². The highest BCUT2D eigenvalue weighted by Crippen LogP contribution is 2.30. The monoisotopic (exact) mass is 285 g/mol. The molecule has 0 bridgehead atoms. The molecule has 1 atom stereocenters. The molecule has 1 aromatic carbocycles. The van der Waals surface area contributed by atoms with Crippen molar-refractivity contribution in [2.45, 2.75) is 25.3 Å². The molecule has 0 radical (unpaired) electrons. The third-order valence-electron chi connectivity index (χ3n) is 3.65. The normalized spacial score (nSPS) is 20.6. The average Bonchev–Trinajstić information content (AvgIpc) is 2.81. The molecule has 1 unspecified atom stereocenters. The Balaban J connectivity index is 1.78. The minimum atomic E-state index is -0.671. The summed E-state index contributed by atoms with van der Waals surface area (Å²) in [5.41, 5.74) is 3.07. The van der Waals surface area contributed by atoms with Gasteiger partial charge in [0, 0.05) is 18.5 Å². The molecule has 3 N–H and O–H groups in total. The molecule has 0 aromatic heterocycles. The smallest absolute Gasteiger partial charge is 0.254 e. The van der Waals surface area contributed by atoms with Crippen molar-refractivity contribution >= 4 is 23.4 Å². The van der Waals surface area contributed by atoms with E-state index < -0.39 is 11.9 Å². The van der Waals surface area contributed by atoms with E-state index in [-0.39, 0.29) is 18.2 Å². The summed E-state index contributed by atoms with van der Waals surface area (Å²) in [7, 11) is 0. The van der Waals surface area contributed by atoms with Gasteiger partial charge >= 0.3 is 0 Å². The van der Waals surface area contributed by atoms with Crippen LogP contribution in [0.1, 0.15) is 28.8 Å².